The Balaban J connectivity index is 1.40. The number of likely N-dealkylation sites (tertiary alicyclic amines) is 1. The van der Waals surface area contributed by atoms with Crippen molar-refractivity contribution in [3.8, 4) is 0 Å². The summed E-state index contributed by atoms with van der Waals surface area (Å²) in [6.07, 6.45) is 3.45. The van der Waals surface area contributed by atoms with Gasteiger partial charge in [-0.15, -0.1) is 11.3 Å². The number of carbonyl (C=O) groups excluding carboxylic acids is 1. The van der Waals surface area contributed by atoms with Gasteiger partial charge in [-0.3, -0.25) is 4.79 Å². The molecule has 0 N–H and O–H groups in total. The molecule has 0 aliphatic carbocycles. The lowest BCUT2D eigenvalue weighted by Gasteiger charge is -2.24. The van der Waals surface area contributed by atoms with E-state index in [9.17, 15) is 4.79 Å². The molecule has 2 aromatic carbocycles. The van der Waals surface area contributed by atoms with Gasteiger partial charge in [0.1, 0.15) is 0 Å². The fraction of sp³-hybridized carbons (Fsp3) is 0.333. The number of rotatable bonds is 4. The molecule has 1 unspecified atom stereocenters. The molecule has 5 heteroatoms. The van der Waals surface area contributed by atoms with Gasteiger partial charge in [0.25, 0.3) is 0 Å². The third-order valence-electron chi connectivity index (χ3n) is 4.89. The molecule has 1 fully saturated rings. The Morgan fingerprint density at radius 1 is 1.12 bits per heavy atom. The second-order valence-electron chi connectivity index (χ2n) is 6.68. The minimum Gasteiger partial charge on any atom is -0.341 e. The molecule has 0 radical (unpaired) electrons. The van der Waals surface area contributed by atoms with Crippen LogP contribution in [0.5, 0.6) is 0 Å². The average Bonchev–Trinajstić information content (AvgIpc) is 2.94. The van der Waals surface area contributed by atoms with E-state index >= 15 is 0 Å². The van der Waals surface area contributed by atoms with Gasteiger partial charge in [-0.2, -0.15) is 0 Å². The number of benzene rings is 2. The van der Waals surface area contributed by atoms with Crippen molar-refractivity contribution in [2.45, 2.75) is 29.5 Å². The highest BCUT2D eigenvalue weighted by molar-refractivity contribution is 8.01. The predicted molar refractivity (Wildman–Crippen MR) is 110 cm³/mol. The smallest absolute Gasteiger partial charge is 0.233 e. The number of para-hydroxylation sites is 1. The number of thiazole rings is 1. The van der Waals surface area contributed by atoms with Gasteiger partial charge < -0.3 is 4.90 Å². The van der Waals surface area contributed by atoms with Crippen molar-refractivity contribution >= 4 is 39.2 Å². The molecule has 1 aliphatic heterocycles. The monoisotopic (exact) mass is 382 g/mol. The summed E-state index contributed by atoms with van der Waals surface area (Å²) in [6.45, 7) is 1.71. The van der Waals surface area contributed by atoms with Crippen LogP contribution in [0.25, 0.3) is 10.2 Å². The molecule has 3 aromatic rings. The lowest BCUT2D eigenvalue weighted by Crippen LogP contribution is -2.35. The number of thioether (sulfide) groups is 1. The van der Waals surface area contributed by atoms with Gasteiger partial charge in [0.15, 0.2) is 4.34 Å². The van der Waals surface area contributed by atoms with E-state index < -0.39 is 0 Å². The molecule has 4 rings (SSSR count). The number of aromatic nitrogens is 1. The van der Waals surface area contributed by atoms with Gasteiger partial charge >= 0.3 is 0 Å². The second-order valence-corrected chi connectivity index (χ2v) is 8.93. The highest BCUT2D eigenvalue weighted by Gasteiger charge is 2.23. The van der Waals surface area contributed by atoms with Crippen LogP contribution in [0.1, 0.15) is 30.7 Å². The van der Waals surface area contributed by atoms with Gasteiger partial charge in [0.2, 0.25) is 5.91 Å². The predicted octanol–water partition coefficient (Wildman–Crippen LogP) is 5.18. The first-order valence-electron chi connectivity index (χ1n) is 9.11. The second kappa shape index (κ2) is 8.23. The summed E-state index contributed by atoms with van der Waals surface area (Å²) in [6, 6.07) is 18.8. The van der Waals surface area contributed by atoms with Crippen LogP contribution in [0.2, 0.25) is 0 Å². The van der Waals surface area contributed by atoms with E-state index in [1.807, 2.05) is 18.2 Å². The molecule has 134 valence electrons. The summed E-state index contributed by atoms with van der Waals surface area (Å²) in [4.78, 5) is 19.5. The molecule has 1 saturated heterocycles. The third-order valence-corrected chi connectivity index (χ3v) is 7.05. The topological polar surface area (TPSA) is 33.2 Å². The highest BCUT2D eigenvalue weighted by Crippen LogP contribution is 2.30. The van der Waals surface area contributed by atoms with Crippen LogP contribution in [0.4, 0.5) is 0 Å². The van der Waals surface area contributed by atoms with Gasteiger partial charge in [0, 0.05) is 19.0 Å². The number of nitrogens with zero attached hydrogens (tertiary/aromatic N) is 2. The van der Waals surface area contributed by atoms with E-state index in [1.54, 1.807) is 23.1 Å². The fourth-order valence-electron chi connectivity index (χ4n) is 3.49. The van der Waals surface area contributed by atoms with E-state index in [0.717, 1.165) is 29.4 Å². The molecule has 1 atom stereocenters. The molecule has 0 spiro atoms. The first-order valence-corrected chi connectivity index (χ1v) is 10.9. The molecule has 0 bridgehead atoms. The van der Waals surface area contributed by atoms with E-state index in [4.69, 9.17) is 0 Å². The zero-order valence-corrected chi connectivity index (χ0v) is 16.3. The maximum Gasteiger partial charge on any atom is 0.233 e. The quantitative estimate of drug-likeness (QED) is 0.583. The zero-order chi connectivity index (χ0) is 17.8. The van der Waals surface area contributed by atoms with Gasteiger partial charge in [-0.05, 0) is 30.5 Å². The summed E-state index contributed by atoms with van der Waals surface area (Å²) < 4.78 is 2.16. The van der Waals surface area contributed by atoms with E-state index in [2.05, 4.69) is 46.3 Å². The highest BCUT2D eigenvalue weighted by atomic mass is 32.2. The molecule has 26 heavy (non-hydrogen) atoms. The van der Waals surface area contributed by atoms with Crippen LogP contribution >= 0.6 is 23.1 Å². The molecule has 1 aliphatic rings. The summed E-state index contributed by atoms with van der Waals surface area (Å²) in [5, 5.41) is 0. The number of fused-ring (bicyclic) bond motifs is 1. The number of hydrogen-bond acceptors (Lipinski definition) is 4. The van der Waals surface area contributed by atoms with Crippen LogP contribution in [0.3, 0.4) is 0 Å². The number of carbonyl (C=O) groups is 1. The molecule has 0 saturated carbocycles. The van der Waals surface area contributed by atoms with Crippen molar-refractivity contribution in [1.29, 1.82) is 0 Å². The number of amides is 1. The van der Waals surface area contributed by atoms with Crippen LogP contribution in [0, 0.1) is 0 Å². The first-order chi connectivity index (χ1) is 12.8. The third kappa shape index (κ3) is 4.10. The lowest BCUT2D eigenvalue weighted by molar-refractivity contribution is -0.128. The summed E-state index contributed by atoms with van der Waals surface area (Å²) in [7, 11) is 0. The zero-order valence-electron chi connectivity index (χ0n) is 14.6. The van der Waals surface area contributed by atoms with Gasteiger partial charge in [-0.1, -0.05) is 60.6 Å². The average molecular weight is 383 g/mol. The van der Waals surface area contributed by atoms with E-state index in [1.165, 1.54) is 23.1 Å². The number of hydrogen-bond donors (Lipinski definition) is 0. The van der Waals surface area contributed by atoms with Crippen molar-refractivity contribution in [1.82, 2.24) is 9.88 Å². The minimum atomic E-state index is 0.233. The Labute approximate surface area is 162 Å². The maximum absolute atomic E-state index is 12.8. The standard InChI is InChI=1S/C21H22N2OS2/c24-20(15-25-21-22-18-11-4-5-12-19(18)26-21)23-13-7-6-10-17(14-23)16-8-2-1-3-9-16/h1-5,8-9,11-12,17H,6-7,10,13-15H2. The summed E-state index contributed by atoms with van der Waals surface area (Å²) >= 11 is 3.24. The molecule has 1 aromatic heterocycles. The Bertz CT molecular complexity index is 845. The summed E-state index contributed by atoms with van der Waals surface area (Å²) in [5.41, 5.74) is 2.37. The van der Waals surface area contributed by atoms with Crippen molar-refractivity contribution in [3.63, 3.8) is 0 Å². The normalized spacial score (nSPS) is 18.0. The van der Waals surface area contributed by atoms with Crippen LogP contribution in [0.15, 0.2) is 58.9 Å². The van der Waals surface area contributed by atoms with Crippen molar-refractivity contribution in [2.75, 3.05) is 18.8 Å². The summed E-state index contributed by atoms with van der Waals surface area (Å²) in [5.74, 6) is 1.16. The van der Waals surface area contributed by atoms with Crippen LogP contribution in [-0.2, 0) is 4.79 Å². The van der Waals surface area contributed by atoms with Crippen LogP contribution in [-0.4, -0.2) is 34.6 Å². The maximum atomic E-state index is 12.8. The molecular formula is C21H22N2OS2. The van der Waals surface area contributed by atoms with Crippen LogP contribution < -0.4 is 0 Å². The SMILES string of the molecule is O=C(CSc1nc2ccccc2s1)N1CCCCC(c2ccccc2)C1. The van der Waals surface area contributed by atoms with Crippen molar-refractivity contribution in [2.24, 2.45) is 0 Å². The fourth-order valence-corrected chi connectivity index (χ4v) is 5.46. The minimum absolute atomic E-state index is 0.233. The van der Waals surface area contributed by atoms with Gasteiger partial charge in [0.05, 0.1) is 16.0 Å². The Morgan fingerprint density at radius 2 is 1.92 bits per heavy atom. The Hall–Kier alpha value is -1.85. The lowest BCUT2D eigenvalue weighted by atomic mass is 9.94. The Morgan fingerprint density at radius 3 is 2.77 bits per heavy atom. The van der Waals surface area contributed by atoms with Crippen molar-refractivity contribution < 1.29 is 4.79 Å². The Kier molecular flexibility index (Phi) is 5.56. The molecular weight excluding hydrogens is 360 g/mol. The van der Waals surface area contributed by atoms with Gasteiger partial charge in [-0.25, -0.2) is 4.98 Å². The molecule has 2 heterocycles. The molecule has 1 amide bonds. The first kappa shape index (κ1) is 17.6. The molecule has 3 nitrogen and oxygen atoms in total. The van der Waals surface area contributed by atoms with E-state index in [-0.39, 0.29) is 5.91 Å². The van der Waals surface area contributed by atoms with E-state index in [0.29, 0.717) is 11.7 Å². The van der Waals surface area contributed by atoms with Crippen molar-refractivity contribution in [3.05, 3.63) is 60.2 Å². The largest absolute Gasteiger partial charge is 0.341 e.